The third kappa shape index (κ3) is 6.46. The molecule has 0 atom stereocenters. The maximum absolute atomic E-state index is 13.0. The van der Waals surface area contributed by atoms with Gasteiger partial charge in [-0.2, -0.15) is 21.6 Å². The van der Waals surface area contributed by atoms with Gasteiger partial charge in [0.25, 0.3) is 10.0 Å². The Balaban J connectivity index is 0.000000479. The molecule has 3 heterocycles. The van der Waals surface area contributed by atoms with Crippen molar-refractivity contribution in [2.75, 3.05) is 4.72 Å². The predicted octanol–water partition coefficient (Wildman–Crippen LogP) is 5.87. The zero-order chi connectivity index (χ0) is 27.7. The van der Waals surface area contributed by atoms with E-state index >= 15 is 0 Å². The molecule has 13 heteroatoms. The number of thiophene rings is 1. The summed E-state index contributed by atoms with van der Waals surface area (Å²) >= 11 is 1.62. The minimum absolute atomic E-state index is 0.0102. The number of fused-ring (bicyclic) bond motifs is 1. The van der Waals surface area contributed by atoms with Crippen LogP contribution < -0.4 is 4.72 Å². The summed E-state index contributed by atoms with van der Waals surface area (Å²) in [6, 6.07) is 10.1. The van der Waals surface area contributed by atoms with Crippen molar-refractivity contribution in [2.24, 2.45) is 7.05 Å². The first kappa shape index (κ1) is 28.1. The highest BCUT2D eigenvalue weighted by molar-refractivity contribution is 7.92. The Morgan fingerprint density at radius 2 is 1.84 bits per heavy atom. The summed E-state index contributed by atoms with van der Waals surface area (Å²) in [5.74, 6) is -2.48. The number of rotatable bonds is 5. The SMILES string of the molecule is Cc1cccc(-c2c(C(C)C)sc3nc(C)cc(NS(=O)(=O)c4cn(C)cn4)c23)c1.O=C(O)C(F)(F)F. The van der Waals surface area contributed by atoms with E-state index in [4.69, 9.17) is 14.9 Å². The monoisotopic (exact) mass is 554 g/mol. The second-order valence-corrected chi connectivity index (χ2v) is 11.3. The van der Waals surface area contributed by atoms with Crippen molar-refractivity contribution in [1.29, 1.82) is 0 Å². The largest absolute Gasteiger partial charge is 0.490 e. The molecule has 37 heavy (non-hydrogen) atoms. The van der Waals surface area contributed by atoms with Crippen LogP contribution in [0.2, 0.25) is 0 Å². The van der Waals surface area contributed by atoms with Crippen LogP contribution in [0.1, 0.15) is 35.9 Å². The lowest BCUT2D eigenvalue weighted by Gasteiger charge is -2.12. The lowest BCUT2D eigenvalue weighted by atomic mass is 9.96. The second-order valence-electron chi connectivity index (χ2n) is 8.64. The van der Waals surface area contributed by atoms with Crippen LogP contribution in [0.25, 0.3) is 21.3 Å². The second kappa shape index (κ2) is 10.5. The number of aryl methyl sites for hydroxylation is 3. The molecule has 4 rings (SSSR count). The number of pyridine rings is 1. The van der Waals surface area contributed by atoms with Gasteiger partial charge in [-0.05, 0) is 31.4 Å². The Labute approximate surface area is 215 Å². The van der Waals surface area contributed by atoms with Crippen LogP contribution in [0.15, 0.2) is 47.9 Å². The number of carboxylic acids is 1. The lowest BCUT2D eigenvalue weighted by Crippen LogP contribution is -2.21. The van der Waals surface area contributed by atoms with E-state index in [-0.39, 0.29) is 10.9 Å². The molecule has 0 aliphatic rings. The molecule has 0 radical (unpaired) electrons. The number of carboxylic acid groups (broad SMARTS) is 1. The Kier molecular flexibility index (Phi) is 7.98. The molecule has 0 unspecified atom stereocenters. The van der Waals surface area contributed by atoms with Gasteiger partial charge in [0.1, 0.15) is 4.83 Å². The van der Waals surface area contributed by atoms with Crippen LogP contribution in [-0.2, 0) is 21.9 Å². The number of halogens is 3. The van der Waals surface area contributed by atoms with Crippen LogP contribution >= 0.6 is 11.3 Å². The molecule has 0 saturated heterocycles. The molecular weight excluding hydrogens is 529 g/mol. The molecule has 2 N–H and O–H groups in total. The number of sulfonamides is 1. The summed E-state index contributed by atoms with van der Waals surface area (Å²) in [6.07, 6.45) is -2.12. The summed E-state index contributed by atoms with van der Waals surface area (Å²) in [6.45, 7) is 8.22. The first-order chi connectivity index (χ1) is 17.1. The number of alkyl halides is 3. The Hall–Kier alpha value is -3.45. The zero-order valence-corrected chi connectivity index (χ0v) is 22.2. The number of benzene rings is 1. The number of anilines is 1. The smallest absolute Gasteiger partial charge is 0.475 e. The van der Waals surface area contributed by atoms with Gasteiger partial charge in [0, 0.05) is 34.8 Å². The van der Waals surface area contributed by atoms with Crippen molar-refractivity contribution < 1.29 is 31.5 Å². The molecular formula is C24H25F3N4O4S2. The summed E-state index contributed by atoms with van der Waals surface area (Å²) in [5, 5.41) is 7.95. The van der Waals surface area contributed by atoms with Crippen LogP contribution in [0.5, 0.6) is 0 Å². The van der Waals surface area contributed by atoms with Gasteiger partial charge in [-0.3, -0.25) is 4.72 Å². The van der Waals surface area contributed by atoms with Crippen LogP contribution in [-0.4, -0.2) is 40.2 Å². The fraction of sp³-hybridized carbons (Fsp3) is 0.292. The Morgan fingerprint density at radius 3 is 2.35 bits per heavy atom. The molecule has 0 bridgehead atoms. The maximum Gasteiger partial charge on any atom is 0.490 e. The van der Waals surface area contributed by atoms with Crippen molar-refractivity contribution in [3.63, 3.8) is 0 Å². The lowest BCUT2D eigenvalue weighted by molar-refractivity contribution is -0.192. The van der Waals surface area contributed by atoms with E-state index in [0.29, 0.717) is 5.69 Å². The average molecular weight is 555 g/mol. The van der Waals surface area contributed by atoms with Crippen molar-refractivity contribution in [2.45, 2.75) is 44.8 Å². The molecule has 3 aromatic heterocycles. The fourth-order valence-corrected chi connectivity index (χ4v) is 5.85. The molecule has 8 nitrogen and oxygen atoms in total. The molecule has 0 aliphatic heterocycles. The quantitative estimate of drug-likeness (QED) is 0.319. The first-order valence-electron chi connectivity index (χ1n) is 10.9. The van der Waals surface area contributed by atoms with Crippen molar-refractivity contribution >= 4 is 43.2 Å². The van der Waals surface area contributed by atoms with Gasteiger partial charge in [0.05, 0.1) is 12.0 Å². The zero-order valence-electron chi connectivity index (χ0n) is 20.6. The minimum atomic E-state index is -5.08. The van der Waals surface area contributed by atoms with Crippen LogP contribution in [0.3, 0.4) is 0 Å². The fourth-order valence-electron chi connectivity index (χ4n) is 3.54. The maximum atomic E-state index is 13.0. The Morgan fingerprint density at radius 1 is 1.19 bits per heavy atom. The summed E-state index contributed by atoms with van der Waals surface area (Å²) in [4.78, 5) is 19.6. The average Bonchev–Trinajstić information content (AvgIpc) is 3.37. The molecule has 0 amide bonds. The van der Waals surface area contributed by atoms with Crippen molar-refractivity contribution in [3.05, 3.63) is 59.0 Å². The number of aromatic nitrogens is 3. The first-order valence-corrected chi connectivity index (χ1v) is 13.2. The standard InChI is InChI=1S/C22H24N4O2S2.C2HF3O2/c1-13(2)21-19(16-8-6-7-14(3)9-16)20-17(10-15(4)24-22(20)29-21)25-30(27,28)18-11-26(5)12-23-18;3-2(4,5)1(6)7/h6-13H,1-5H3,(H,24,25);(H,6,7). The van der Waals surface area contributed by atoms with Gasteiger partial charge < -0.3 is 9.67 Å². The summed E-state index contributed by atoms with van der Waals surface area (Å²) in [5.41, 5.74) is 4.54. The van der Waals surface area contributed by atoms with Crippen LogP contribution in [0, 0.1) is 13.8 Å². The van der Waals surface area contributed by atoms with E-state index in [1.54, 1.807) is 29.0 Å². The van der Waals surface area contributed by atoms with Crippen LogP contribution in [0.4, 0.5) is 18.9 Å². The number of nitrogens with one attached hydrogen (secondary N) is 1. The van der Waals surface area contributed by atoms with E-state index in [1.165, 1.54) is 17.4 Å². The normalized spacial score (nSPS) is 11.9. The topological polar surface area (TPSA) is 114 Å². The number of imidazole rings is 1. The highest BCUT2D eigenvalue weighted by Crippen LogP contribution is 2.45. The molecule has 0 spiro atoms. The van der Waals surface area contributed by atoms with Gasteiger partial charge in [-0.25, -0.2) is 14.8 Å². The molecule has 198 valence electrons. The van der Waals surface area contributed by atoms with E-state index in [9.17, 15) is 21.6 Å². The molecule has 0 saturated carbocycles. The summed E-state index contributed by atoms with van der Waals surface area (Å²) in [7, 11) is -2.08. The molecule has 4 aromatic rings. The number of hydrogen-bond acceptors (Lipinski definition) is 6. The number of nitrogens with zero attached hydrogens (tertiary/aromatic N) is 3. The third-order valence-corrected chi connectivity index (χ3v) is 7.73. The van der Waals surface area contributed by atoms with Crippen molar-refractivity contribution in [1.82, 2.24) is 14.5 Å². The number of aliphatic carboxylic acids is 1. The van der Waals surface area contributed by atoms with E-state index in [0.717, 1.165) is 32.6 Å². The molecule has 1 aromatic carbocycles. The van der Waals surface area contributed by atoms with E-state index in [1.807, 2.05) is 13.0 Å². The van der Waals surface area contributed by atoms with Gasteiger partial charge in [0.2, 0.25) is 0 Å². The van der Waals surface area contributed by atoms with E-state index < -0.39 is 22.2 Å². The number of carbonyl (C=O) groups is 1. The number of hydrogen-bond donors (Lipinski definition) is 2. The van der Waals surface area contributed by atoms with E-state index in [2.05, 4.69) is 48.7 Å². The third-order valence-electron chi connectivity index (χ3n) is 5.09. The van der Waals surface area contributed by atoms with Gasteiger partial charge in [-0.1, -0.05) is 43.7 Å². The highest BCUT2D eigenvalue weighted by Gasteiger charge is 2.38. The van der Waals surface area contributed by atoms with Crippen molar-refractivity contribution in [3.8, 4) is 11.1 Å². The van der Waals surface area contributed by atoms with Gasteiger partial charge >= 0.3 is 12.1 Å². The Bertz CT molecular complexity index is 1560. The van der Waals surface area contributed by atoms with Gasteiger partial charge in [-0.15, -0.1) is 11.3 Å². The molecule has 0 fully saturated rings. The molecule has 0 aliphatic carbocycles. The van der Waals surface area contributed by atoms with Gasteiger partial charge in [0.15, 0.2) is 5.03 Å². The predicted molar refractivity (Wildman–Crippen MR) is 136 cm³/mol. The summed E-state index contributed by atoms with van der Waals surface area (Å²) < 4.78 is 62.1. The highest BCUT2D eigenvalue weighted by atomic mass is 32.2. The minimum Gasteiger partial charge on any atom is -0.475 e.